The summed E-state index contributed by atoms with van der Waals surface area (Å²) in [5.74, 6) is -0.152. The van der Waals surface area contributed by atoms with Crippen LogP contribution in [-0.4, -0.2) is 48.0 Å². The Labute approximate surface area is 111 Å². The van der Waals surface area contributed by atoms with Crippen molar-refractivity contribution in [1.82, 2.24) is 19.4 Å². The number of hydrogen-bond acceptors (Lipinski definition) is 5. The highest BCUT2D eigenvalue weighted by Crippen LogP contribution is 2.21. The quantitative estimate of drug-likeness (QED) is 0.740. The normalized spacial score (nSPS) is 18.1. The number of hydrogen-bond donors (Lipinski definition) is 2. The van der Waals surface area contributed by atoms with E-state index in [1.165, 1.54) is 15.2 Å². The van der Waals surface area contributed by atoms with Crippen LogP contribution in [0.25, 0.3) is 0 Å². The molecule has 1 amide bonds. The minimum Gasteiger partial charge on any atom is -0.381 e. The molecule has 1 saturated heterocycles. The van der Waals surface area contributed by atoms with Gasteiger partial charge in [0.2, 0.25) is 15.9 Å². The smallest absolute Gasteiger partial charge is 0.248 e. The van der Waals surface area contributed by atoms with Crippen LogP contribution in [0.15, 0.2) is 11.1 Å². The van der Waals surface area contributed by atoms with Gasteiger partial charge in [-0.2, -0.15) is 9.40 Å². The number of carbonyl (C=O) groups excluding carboxylic acids is 1. The Balaban J connectivity index is 2.30. The summed E-state index contributed by atoms with van der Waals surface area (Å²) in [7, 11) is -3.70. The van der Waals surface area contributed by atoms with Gasteiger partial charge in [0, 0.05) is 38.8 Å². The molecule has 1 fully saturated rings. The number of amides is 1. The molecule has 0 radical (unpaired) electrons. The maximum atomic E-state index is 12.5. The fraction of sp³-hybridized carbons (Fsp3) is 0.600. The lowest BCUT2D eigenvalue weighted by molar-refractivity contribution is -0.120. The molecule has 0 spiro atoms. The summed E-state index contributed by atoms with van der Waals surface area (Å²) in [4.78, 5) is 11.2. The molecular weight excluding hydrogens is 270 g/mol. The van der Waals surface area contributed by atoms with Crippen LogP contribution in [0.5, 0.6) is 0 Å². The summed E-state index contributed by atoms with van der Waals surface area (Å²) in [6.07, 6.45) is 1.58. The van der Waals surface area contributed by atoms with Crippen molar-refractivity contribution in [2.45, 2.75) is 24.8 Å². The van der Waals surface area contributed by atoms with Gasteiger partial charge in [-0.25, -0.2) is 8.42 Å². The predicted molar refractivity (Wildman–Crippen MR) is 68.7 cm³/mol. The Kier molecular flexibility index (Phi) is 3.76. The molecule has 0 atom stereocenters. The molecule has 1 aromatic heterocycles. The molecule has 2 rings (SSSR count). The van der Waals surface area contributed by atoms with Crippen LogP contribution in [0.4, 0.5) is 5.82 Å². The van der Waals surface area contributed by atoms with Crippen molar-refractivity contribution in [2.75, 3.05) is 25.4 Å². The number of sulfonamides is 1. The Morgan fingerprint density at radius 3 is 2.84 bits per heavy atom. The van der Waals surface area contributed by atoms with E-state index in [1.54, 1.807) is 0 Å². The second kappa shape index (κ2) is 5.17. The van der Waals surface area contributed by atoms with Crippen LogP contribution in [0.3, 0.4) is 0 Å². The average Bonchev–Trinajstić information content (AvgIpc) is 2.60. The number of nitrogens with one attached hydrogen (secondary N) is 1. The van der Waals surface area contributed by atoms with Gasteiger partial charge in [-0.3, -0.25) is 9.48 Å². The van der Waals surface area contributed by atoms with Crippen LogP contribution in [0.2, 0.25) is 0 Å². The first kappa shape index (κ1) is 13.8. The molecule has 2 heterocycles. The summed E-state index contributed by atoms with van der Waals surface area (Å²) < 4.78 is 27.6. The molecule has 0 saturated carbocycles. The molecule has 0 unspecified atom stereocenters. The topological polar surface area (TPSA) is 110 Å². The molecule has 0 bridgehead atoms. The Bertz CT molecular complexity index is 580. The molecule has 0 aromatic carbocycles. The number of aromatic nitrogens is 2. The fourth-order valence-electron chi connectivity index (χ4n) is 1.90. The third-order valence-corrected chi connectivity index (χ3v) is 4.88. The minimum absolute atomic E-state index is 0.00342. The summed E-state index contributed by atoms with van der Waals surface area (Å²) in [5, 5.41) is 6.57. The van der Waals surface area contributed by atoms with Gasteiger partial charge < -0.3 is 11.1 Å². The van der Waals surface area contributed by atoms with Crippen molar-refractivity contribution in [3.63, 3.8) is 0 Å². The largest absolute Gasteiger partial charge is 0.381 e. The maximum Gasteiger partial charge on any atom is 0.248 e. The van der Waals surface area contributed by atoms with Gasteiger partial charge in [-0.05, 0) is 6.92 Å². The number of rotatable bonds is 3. The van der Waals surface area contributed by atoms with Gasteiger partial charge in [-0.15, -0.1) is 0 Å². The van der Waals surface area contributed by atoms with Crippen molar-refractivity contribution in [3.8, 4) is 0 Å². The number of nitrogens with two attached hydrogens (primary N) is 1. The highest BCUT2D eigenvalue weighted by Gasteiger charge is 2.30. The summed E-state index contributed by atoms with van der Waals surface area (Å²) in [6.45, 7) is 3.09. The first-order valence-corrected chi connectivity index (χ1v) is 7.49. The lowest BCUT2D eigenvalue weighted by atomic mass is 10.4. The second-order valence-electron chi connectivity index (χ2n) is 4.24. The van der Waals surface area contributed by atoms with Crippen LogP contribution in [-0.2, 0) is 21.4 Å². The zero-order chi connectivity index (χ0) is 14.0. The molecule has 0 aliphatic carbocycles. The Morgan fingerprint density at radius 1 is 1.47 bits per heavy atom. The average molecular weight is 287 g/mol. The van der Waals surface area contributed by atoms with Gasteiger partial charge in [0.25, 0.3) is 0 Å². The molecule has 106 valence electrons. The highest BCUT2D eigenvalue weighted by atomic mass is 32.2. The summed E-state index contributed by atoms with van der Waals surface area (Å²) >= 11 is 0. The van der Waals surface area contributed by atoms with E-state index in [0.29, 0.717) is 13.1 Å². The van der Waals surface area contributed by atoms with E-state index in [2.05, 4.69) is 10.4 Å². The lowest BCUT2D eigenvalue weighted by Crippen LogP contribution is -2.34. The Morgan fingerprint density at radius 2 is 2.21 bits per heavy atom. The number of nitrogen functional groups attached to an aromatic ring is 1. The van der Waals surface area contributed by atoms with Crippen LogP contribution >= 0.6 is 0 Å². The van der Waals surface area contributed by atoms with Gasteiger partial charge >= 0.3 is 0 Å². The molecule has 1 aliphatic heterocycles. The second-order valence-corrected chi connectivity index (χ2v) is 6.14. The number of aryl methyl sites for hydroxylation is 1. The molecule has 1 aromatic rings. The van der Waals surface area contributed by atoms with E-state index in [0.717, 1.165) is 0 Å². The van der Waals surface area contributed by atoms with Crippen molar-refractivity contribution >= 4 is 21.7 Å². The third kappa shape index (κ3) is 2.71. The first-order chi connectivity index (χ1) is 8.95. The predicted octanol–water partition coefficient (Wildman–Crippen LogP) is -1.00. The minimum atomic E-state index is -3.70. The molecule has 8 nitrogen and oxygen atoms in total. The van der Waals surface area contributed by atoms with Gasteiger partial charge in [-0.1, -0.05) is 0 Å². The standard InChI is InChI=1S/C10H17N5O3S/c1-2-14-7-8(10(11)13-14)19(17,18)15-5-3-9(16)12-4-6-15/h7H,2-6H2,1H3,(H2,11,13)(H,12,16). The van der Waals surface area contributed by atoms with E-state index in [4.69, 9.17) is 5.73 Å². The SMILES string of the molecule is CCn1cc(S(=O)(=O)N2CCNC(=O)CC2)c(N)n1. The summed E-state index contributed by atoms with van der Waals surface area (Å²) in [5.41, 5.74) is 5.66. The van der Waals surface area contributed by atoms with Crippen molar-refractivity contribution in [1.29, 1.82) is 0 Å². The van der Waals surface area contributed by atoms with Crippen LogP contribution in [0, 0.1) is 0 Å². The van der Waals surface area contributed by atoms with Crippen LogP contribution < -0.4 is 11.1 Å². The Hall–Kier alpha value is -1.61. The van der Waals surface area contributed by atoms with E-state index in [-0.39, 0.29) is 36.1 Å². The molecule has 3 N–H and O–H groups in total. The zero-order valence-corrected chi connectivity index (χ0v) is 11.5. The van der Waals surface area contributed by atoms with Crippen molar-refractivity contribution < 1.29 is 13.2 Å². The zero-order valence-electron chi connectivity index (χ0n) is 10.7. The third-order valence-electron chi connectivity index (χ3n) is 2.97. The van der Waals surface area contributed by atoms with Crippen LogP contribution in [0.1, 0.15) is 13.3 Å². The number of anilines is 1. The fourth-order valence-corrected chi connectivity index (χ4v) is 3.41. The molecular formula is C10H17N5O3S. The number of carbonyl (C=O) groups is 1. The number of nitrogens with zero attached hydrogens (tertiary/aromatic N) is 3. The van der Waals surface area contributed by atoms with Crippen molar-refractivity contribution in [2.24, 2.45) is 0 Å². The highest BCUT2D eigenvalue weighted by molar-refractivity contribution is 7.89. The lowest BCUT2D eigenvalue weighted by Gasteiger charge is -2.18. The van der Waals surface area contributed by atoms with Gasteiger partial charge in [0.05, 0.1) is 0 Å². The van der Waals surface area contributed by atoms with E-state index >= 15 is 0 Å². The van der Waals surface area contributed by atoms with Gasteiger partial charge in [0.15, 0.2) is 5.82 Å². The molecule has 9 heteroatoms. The molecule has 19 heavy (non-hydrogen) atoms. The monoisotopic (exact) mass is 287 g/mol. The summed E-state index contributed by atoms with van der Waals surface area (Å²) in [6, 6.07) is 0. The van der Waals surface area contributed by atoms with E-state index in [1.807, 2.05) is 6.92 Å². The van der Waals surface area contributed by atoms with Crippen molar-refractivity contribution in [3.05, 3.63) is 6.20 Å². The van der Waals surface area contributed by atoms with E-state index in [9.17, 15) is 13.2 Å². The first-order valence-electron chi connectivity index (χ1n) is 6.05. The molecule has 1 aliphatic rings. The maximum absolute atomic E-state index is 12.5. The van der Waals surface area contributed by atoms with E-state index < -0.39 is 10.0 Å². The van der Waals surface area contributed by atoms with Gasteiger partial charge in [0.1, 0.15) is 4.90 Å².